The quantitative estimate of drug-likeness (QED) is 0.193. The molecule has 226 valence electrons. The van der Waals surface area contributed by atoms with Crippen molar-refractivity contribution in [3.63, 3.8) is 0 Å². The second-order valence-corrected chi connectivity index (χ2v) is 14.2. The summed E-state index contributed by atoms with van der Waals surface area (Å²) >= 11 is 0. The summed E-state index contributed by atoms with van der Waals surface area (Å²) in [6.45, 7) is 9.46. The van der Waals surface area contributed by atoms with Crippen LogP contribution in [-0.2, 0) is 10.8 Å². The SMILES string of the molecule is CC1(C)c2ccccc2-c2ccc(N(c3ccc(-c4ccccc4)cc3)c3cccc4cc5c(cc34)C(C)(C)c3ccccc3-5)cc21. The Balaban J connectivity index is 1.26. The van der Waals surface area contributed by atoms with Crippen molar-refractivity contribution >= 4 is 27.8 Å². The van der Waals surface area contributed by atoms with E-state index in [1.807, 2.05) is 0 Å². The largest absolute Gasteiger partial charge is 0.310 e. The van der Waals surface area contributed by atoms with Gasteiger partial charge in [0.25, 0.3) is 0 Å². The minimum Gasteiger partial charge on any atom is -0.310 e. The lowest BCUT2D eigenvalue weighted by molar-refractivity contribution is 0.660. The Kier molecular flexibility index (Phi) is 5.96. The van der Waals surface area contributed by atoms with Crippen molar-refractivity contribution in [2.75, 3.05) is 4.90 Å². The van der Waals surface area contributed by atoms with Crippen LogP contribution in [0.3, 0.4) is 0 Å². The zero-order chi connectivity index (χ0) is 31.9. The lowest BCUT2D eigenvalue weighted by Gasteiger charge is -2.30. The van der Waals surface area contributed by atoms with Gasteiger partial charge in [0.1, 0.15) is 0 Å². The van der Waals surface area contributed by atoms with Gasteiger partial charge in [-0.3, -0.25) is 0 Å². The Morgan fingerprint density at radius 3 is 1.64 bits per heavy atom. The van der Waals surface area contributed by atoms with Gasteiger partial charge < -0.3 is 4.90 Å². The molecule has 0 radical (unpaired) electrons. The van der Waals surface area contributed by atoms with Crippen LogP contribution in [0.1, 0.15) is 49.9 Å². The molecule has 0 atom stereocenters. The average Bonchev–Trinajstić information content (AvgIpc) is 3.47. The zero-order valence-corrected chi connectivity index (χ0v) is 27.4. The summed E-state index contributed by atoms with van der Waals surface area (Å²) in [5.74, 6) is 0. The van der Waals surface area contributed by atoms with Gasteiger partial charge in [0.05, 0.1) is 5.69 Å². The van der Waals surface area contributed by atoms with Crippen LogP contribution in [0.25, 0.3) is 44.2 Å². The molecule has 0 aliphatic heterocycles. The number of anilines is 3. The Morgan fingerprint density at radius 1 is 0.383 bits per heavy atom. The van der Waals surface area contributed by atoms with Crippen LogP contribution >= 0.6 is 0 Å². The van der Waals surface area contributed by atoms with Crippen molar-refractivity contribution < 1.29 is 0 Å². The first-order chi connectivity index (χ1) is 22.8. The maximum absolute atomic E-state index is 2.47. The van der Waals surface area contributed by atoms with Gasteiger partial charge >= 0.3 is 0 Å². The summed E-state index contributed by atoms with van der Waals surface area (Å²) in [7, 11) is 0. The number of fused-ring (bicyclic) bond motifs is 7. The number of rotatable bonds is 4. The molecule has 0 aromatic heterocycles. The third-order valence-corrected chi connectivity index (χ3v) is 10.9. The maximum Gasteiger partial charge on any atom is 0.0540 e. The third-order valence-electron chi connectivity index (χ3n) is 10.9. The Morgan fingerprint density at radius 2 is 0.936 bits per heavy atom. The van der Waals surface area contributed by atoms with E-state index in [-0.39, 0.29) is 10.8 Å². The van der Waals surface area contributed by atoms with Gasteiger partial charge in [0.2, 0.25) is 0 Å². The number of hydrogen-bond acceptors (Lipinski definition) is 1. The Hall–Kier alpha value is -5.40. The molecule has 1 heteroatoms. The van der Waals surface area contributed by atoms with Crippen LogP contribution in [0, 0.1) is 0 Å². The molecule has 7 aromatic carbocycles. The minimum absolute atomic E-state index is 0.0707. The summed E-state index contributed by atoms with van der Waals surface area (Å²) in [6, 6.07) is 56.3. The molecule has 2 aliphatic carbocycles. The molecule has 0 unspecified atom stereocenters. The van der Waals surface area contributed by atoms with Crippen LogP contribution in [0.4, 0.5) is 17.1 Å². The predicted molar refractivity (Wildman–Crippen MR) is 199 cm³/mol. The van der Waals surface area contributed by atoms with Crippen molar-refractivity contribution in [2.24, 2.45) is 0 Å². The Bertz CT molecular complexity index is 2340. The summed E-state index contributed by atoms with van der Waals surface area (Å²) in [5.41, 5.74) is 16.8. The van der Waals surface area contributed by atoms with Gasteiger partial charge in [-0.1, -0.05) is 137 Å². The molecule has 2 aliphatic rings. The zero-order valence-electron chi connectivity index (χ0n) is 27.4. The topological polar surface area (TPSA) is 3.24 Å². The van der Waals surface area contributed by atoms with E-state index in [1.54, 1.807) is 0 Å². The third kappa shape index (κ3) is 4.09. The van der Waals surface area contributed by atoms with Crippen LogP contribution in [0.5, 0.6) is 0 Å². The summed E-state index contributed by atoms with van der Waals surface area (Å²) in [6.07, 6.45) is 0. The molecule has 0 heterocycles. The second kappa shape index (κ2) is 10.0. The fraction of sp³-hybridized carbons (Fsp3) is 0.130. The smallest absolute Gasteiger partial charge is 0.0540 e. The van der Waals surface area contributed by atoms with Crippen molar-refractivity contribution in [3.05, 3.63) is 174 Å². The molecule has 7 aromatic rings. The van der Waals surface area contributed by atoms with E-state index < -0.39 is 0 Å². The normalized spacial score (nSPS) is 14.7. The van der Waals surface area contributed by atoms with Gasteiger partial charge in [-0.15, -0.1) is 0 Å². The van der Waals surface area contributed by atoms with E-state index in [0.717, 1.165) is 5.69 Å². The van der Waals surface area contributed by atoms with E-state index in [2.05, 4.69) is 184 Å². The Labute approximate surface area is 277 Å². The van der Waals surface area contributed by atoms with Crippen LogP contribution < -0.4 is 4.90 Å². The van der Waals surface area contributed by atoms with Crippen LogP contribution in [0.15, 0.2) is 152 Å². The highest BCUT2D eigenvalue weighted by atomic mass is 15.1. The molecule has 47 heavy (non-hydrogen) atoms. The van der Waals surface area contributed by atoms with Crippen LogP contribution in [0.2, 0.25) is 0 Å². The molecule has 0 fully saturated rings. The van der Waals surface area contributed by atoms with Gasteiger partial charge in [-0.25, -0.2) is 0 Å². The van der Waals surface area contributed by atoms with Crippen molar-refractivity contribution in [1.29, 1.82) is 0 Å². The highest BCUT2D eigenvalue weighted by molar-refractivity contribution is 6.03. The first kappa shape index (κ1) is 27.9. The van der Waals surface area contributed by atoms with Gasteiger partial charge in [0.15, 0.2) is 0 Å². The van der Waals surface area contributed by atoms with Gasteiger partial charge in [-0.2, -0.15) is 0 Å². The number of benzene rings is 7. The molecule has 0 saturated carbocycles. The molecule has 0 bridgehead atoms. The van der Waals surface area contributed by atoms with Crippen molar-refractivity contribution in [1.82, 2.24) is 0 Å². The highest BCUT2D eigenvalue weighted by Gasteiger charge is 2.37. The second-order valence-electron chi connectivity index (χ2n) is 14.2. The molecular formula is C46H37N. The summed E-state index contributed by atoms with van der Waals surface area (Å²) in [5, 5.41) is 2.52. The van der Waals surface area contributed by atoms with E-state index in [4.69, 9.17) is 0 Å². The van der Waals surface area contributed by atoms with E-state index in [9.17, 15) is 0 Å². The van der Waals surface area contributed by atoms with Gasteiger partial charge in [0, 0.05) is 27.6 Å². The monoisotopic (exact) mass is 603 g/mol. The van der Waals surface area contributed by atoms with Crippen molar-refractivity contribution in [2.45, 2.75) is 38.5 Å². The van der Waals surface area contributed by atoms with E-state index in [1.165, 1.54) is 77.8 Å². The molecular weight excluding hydrogens is 567 g/mol. The lowest BCUT2D eigenvalue weighted by atomic mass is 9.81. The standard InChI is InChI=1S/C46H37N/c1-45(2)40-18-10-8-16-35(40)37-26-25-34(28-42(37)45)47(33-23-21-31(22-24-33)30-13-6-5-7-14-30)44-20-12-15-32-27-39-36-17-9-11-19-41(36)46(3,4)43(39)29-38(32)44/h5-29H,1-4H3. The molecule has 0 N–H and O–H groups in total. The number of nitrogens with zero attached hydrogens (tertiary/aromatic N) is 1. The molecule has 0 saturated heterocycles. The first-order valence-electron chi connectivity index (χ1n) is 16.7. The molecule has 1 nitrogen and oxygen atoms in total. The first-order valence-corrected chi connectivity index (χ1v) is 16.7. The molecule has 9 rings (SSSR count). The lowest BCUT2D eigenvalue weighted by Crippen LogP contribution is -2.17. The van der Waals surface area contributed by atoms with Crippen molar-refractivity contribution in [3.8, 4) is 33.4 Å². The predicted octanol–water partition coefficient (Wildman–Crippen LogP) is 12.6. The van der Waals surface area contributed by atoms with E-state index in [0.29, 0.717) is 0 Å². The summed E-state index contributed by atoms with van der Waals surface area (Å²) in [4.78, 5) is 2.47. The molecule has 0 amide bonds. The maximum atomic E-state index is 2.47. The molecule has 0 spiro atoms. The fourth-order valence-corrected chi connectivity index (χ4v) is 8.34. The van der Waals surface area contributed by atoms with Gasteiger partial charge in [-0.05, 0) is 103 Å². The number of hydrogen-bond donors (Lipinski definition) is 0. The van der Waals surface area contributed by atoms with Crippen LogP contribution in [-0.4, -0.2) is 0 Å². The fourth-order valence-electron chi connectivity index (χ4n) is 8.34. The average molecular weight is 604 g/mol. The summed E-state index contributed by atoms with van der Waals surface area (Å²) < 4.78 is 0. The minimum atomic E-state index is -0.0832. The van der Waals surface area contributed by atoms with E-state index >= 15 is 0 Å². The highest BCUT2D eigenvalue weighted by Crippen LogP contribution is 2.53.